The third-order valence-electron chi connectivity index (χ3n) is 6.16. The molecule has 4 rings (SSSR count). The Balaban J connectivity index is 1.61. The van der Waals surface area contributed by atoms with Crippen LogP contribution in [0.1, 0.15) is 27.0 Å². The van der Waals surface area contributed by atoms with Gasteiger partial charge in [-0.15, -0.1) is 0 Å². The second kappa shape index (κ2) is 12.5. The van der Waals surface area contributed by atoms with Crippen molar-refractivity contribution < 1.29 is 37.4 Å². The number of benzene rings is 3. The summed E-state index contributed by atoms with van der Waals surface area (Å²) >= 11 is 0. The lowest BCUT2D eigenvalue weighted by Gasteiger charge is -2.17. The zero-order valence-corrected chi connectivity index (χ0v) is 21.8. The number of fused-ring (bicyclic) bond motifs is 1. The minimum Gasteiger partial charge on any atom is -0.480 e. The zero-order valence-electron chi connectivity index (χ0n) is 21.8. The van der Waals surface area contributed by atoms with Crippen LogP contribution < -0.4 is 10.6 Å². The highest BCUT2D eigenvalue weighted by Gasteiger charge is 2.30. The van der Waals surface area contributed by atoms with Gasteiger partial charge in [0, 0.05) is 24.1 Å². The number of para-hydroxylation sites is 1. The van der Waals surface area contributed by atoms with Gasteiger partial charge in [-0.2, -0.15) is 13.2 Å². The molecule has 0 fully saturated rings. The van der Waals surface area contributed by atoms with Crippen LogP contribution in [0.2, 0.25) is 0 Å². The van der Waals surface area contributed by atoms with Gasteiger partial charge in [0.15, 0.2) is 6.04 Å². The standard InChI is InChI=1S/C30H26F3N3O5/c1-36-16-23(22-12-5-6-13-26(22)36)27(37)34-24(15-20-10-7-11-21(14-20)30(31,32)33)28(38)35-25(29(39)40)18-41-17-19-8-3-2-4-9-19/h2-16,25H,17-18H2,1H3,(H,34,37)(H,35,38)(H,39,40)/b24-15+. The number of carboxylic acid groups (broad SMARTS) is 1. The van der Waals surface area contributed by atoms with Crippen LogP contribution in [0.4, 0.5) is 13.2 Å². The van der Waals surface area contributed by atoms with Crippen LogP contribution in [0.15, 0.2) is 90.8 Å². The van der Waals surface area contributed by atoms with Crippen LogP contribution in [-0.2, 0) is 34.2 Å². The average Bonchev–Trinajstić information content (AvgIpc) is 3.29. The van der Waals surface area contributed by atoms with Gasteiger partial charge in [0.25, 0.3) is 11.8 Å². The third-order valence-corrected chi connectivity index (χ3v) is 6.16. The molecule has 1 unspecified atom stereocenters. The van der Waals surface area contributed by atoms with Crippen LogP contribution in [0.5, 0.6) is 0 Å². The quantitative estimate of drug-likeness (QED) is 0.241. The summed E-state index contributed by atoms with van der Waals surface area (Å²) < 4.78 is 47.1. The number of amides is 2. The summed E-state index contributed by atoms with van der Waals surface area (Å²) in [6.07, 6.45) is -2.03. The number of nitrogens with one attached hydrogen (secondary N) is 2. The Morgan fingerprint density at radius 3 is 2.41 bits per heavy atom. The van der Waals surface area contributed by atoms with Crippen molar-refractivity contribution in [2.24, 2.45) is 7.05 Å². The second-order valence-electron chi connectivity index (χ2n) is 9.17. The molecule has 1 heterocycles. The molecular formula is C30H26F3N3O5. The van der Waals surface area contributed by atoms with Crippen molar-refractivity contribution in [3.8, 4) is 0 Å². The van der Waals surface area contributed by atoms with Gasteiger partial charge in [0.1, 0.15) is 5.70 Å². The first-order valence-electron chi connectivity index (χ1n) is 12.4. The maximum absolute atomic E-state index is 13.3. The number of hydrogen-bond donors (Lipinski definition) is 3. The normalized spacial score (nSPS) is 12.6. The van der Waals surface area contributed by atoms with E-state index in [2.05, 4.69) is 10.6 Å². The number of halogens is 3. The fraction of sp³-hybridized carbons (Fsp3) is 0.167. The van der Waals surface area contributed by atoms with Crippen LogP contribution >= 0.6 is 0 Å². The highest BCUT2D eigenvalue weighted by Crippen LogP contribution is 2.30. The van der Waals surface area contributed by atoms with Crippen molar-refractivity contribution in [3.05, 3.63) is 113 Å². The Labute approximate surface area is 233 Å². The van der Waals surface area contributed by atoms with Gasteiger partial charge in [-0.1, -0.05) is 60.7 Å². The van der Waals surface area contributed by atoms with E-state index in [0.717, 1.165) is 35.4 Å². The van der Waals surface area contributed by atoms with E-state index < -0.39 is 47.9 Å². The van der Waals surface area contributed by atoms with E-state index in [4.69, 9.17) is 4.74 Å². The van der Waals surface area contributed by atoms with Gasteiger partial charge in [0.05, 0.1) is 24.3 Å². The number of carboxylic acids is 1. The molecule has 41 heavy (non-hydrogen) atoms. The molecule has 2 amide bonds. The van der Waals surface area contributed by atoms with Crippen molar-refractivity contribution in [3.63, 3.8) is 0 Å². The maximum Gasteiger partial charge on any atom is 0.416 e. The topological polar surface area (TPSA) is 110 Å². The predicted molar refractivity (Wildman–Crippen MR) is 145 cm³/mol. The average molecular weight is 566 g/mol. The summed E-state index contributed by atoms with van der Waals surface area (Å²) in [6, 6.07) is 18.7. The van der Waals surface area contributed by atoms with Crippen LogP contribution in [-0.4, -0.2) is 40.1 Å². The van der Waals surface area contributed by atoms with Gasteiger partial charge >= 0.3 is 12.1 Å². The SMILES string of the molecule is Cn1cc(C(=O)N/C(=C/c2cccc(C(F)(F)F)c2)C(=O)NC(COCc2ccccc2)C(=O)O)c2ccccc21. The summed E-state index contributed by atoms with van der Waals surface area (Å²) in [7, 11) is 1.73. The first-order chi connectivity index (χ1) is 19.5. The molecular weight excluding hydrogens is 539 g/mol. The van der Waals surface area contributed by atoms with Gasteiger partial charge in [0.2, 0.25) is 0 Å². The van der Waals surface area contributed by atoms with E-state index in [1.54, 1.807) is 66.3 Å². The third kappa shape index (κ3) is 7.40. The van der Waals surface area contributed by atoms with E-state index in [-0.39, 0.29) is 17.7 Å². The number of alkyl halides is 3. The lowest BCUT2D eigenvalue weighted by molar-refractivity contribution is -0.143. The van der Waals surface area contributed by atoms with Crippen molar-refractivity contribution >= 4 is 34.8 Å². The van der Waals surface area contributed by atoms with Crippen LogP contribution in [0, 0.1) is 0 Å². The molecule has 0 saturated carbocycles. The smallest absolute Gasteiger partial charge is 0.416 e. The van der Waals surface area contributed by atoms with Crippen molar-refractivity contribution in [1.29, 1.82) is 0 Å². The number of carbonyl (C=O) groups is 3. The molecule has 8 nitrogen and oxygen atoms in total. The Morgan fingerprint density at radius 1 is 1.00 bits per heavy atom. The Morgan fingerprint density at radius 2 is 1.71 bits per heavy atom. The summed E-state index contributed by atoms with van der Waals surface area (Å²) in [5, 5.41) is 15.0. The molecule has 1 atom stereocenters. The van der Waals surface area contributed by atoms with Gasteiger partial charge in [-0.05, 0) is 35.4 Å². The van der Waals surface area contributed by atoms with Crippen molar-refractivity contribution in [2.45, 2.75) is 18.8 Å². The number of carbonyl (C=O) groups excluding carboxylic acids is 2. The van der Waals surface area contributed by atoms with Crippen LogP contribution in [0.25, 0.3) is 17.0 Å². The largest absolute Gasteiger partial charge is 0.480 e. The summed E-state index contributed by atoms with van der Waals surface area (Å²) in [6.45, 7) is -0.310. The Kier molecular flexibility index (Phi) is 8.88. The first-order valence-corrected chi connectivity index (χ1v) is 12.4. The number of rotatable bonds is 10. The molecule has 0 saturated heterocycles. The number of aromatic nitrogens is 1. The molecule has 0 aliphatic heterocycles. The van der Waals surface area contributed by atoms with E-state index >= 15 is 0 Å². The predicted octanol–water partition coefficient (Wildman–Crippen LogP) is 4.75. The summed E-state index contributed by atoms with van der Waals surface area (Å²) in [4.78, 5) is 38.4. The monoisotopic (exact) mass is 565 g/mol. The summed E-state index contributed by atoms with van der Waals surface area (Å²) in [5.74, 6) is -3.13. The molecule has 3 N–H and O–H groups in total. The lowest BCUT2D eigenvalue weighted by Crippen LogP contribution is -2.46. The zero-order chi connectivity index (χ0) is 29.6. The first kappa shape index (κ1) is 29.1. The number of ether oxygens (including phenoxy) is 1. The molecule has 0 aliphatic carbocycles. The van der Waals surface area contributed by atoms with Crippen molar-refractivity contribution in [2.75, 3.05) is 6.61 Å². The molecule has 0 bridgehead atoms. The highest BCUT2D eigenvalue weighted by atomic mass is 19.4. The second-order valence-corrected chi connectivity index (χ2v) is 9.17. The number of nitrogens with zero attached hydrogens (tertiary/aromatic N) is 1. The van der Waals surface area contributed by atoms with Gasteiger partial charge in [-0.25, -0.2) is 4.79 Å². The molecule has 4 aromatic rings. The Bertz CT molecular complexity index is 1600. The molecule has 212 valence electrons. The molecule has 0 aliphatic rings. The fourth-order valence-electron chi connectivity index (χ4n) is 4.12. The number of aliphatic carboxylic acids is 1. The number of hydrogen-bond acceptors (Lipinski definition) is 4. The van der Waals surface area contributed by atoms with E-state index in [1.165, 1.54) is 6.07 Å². The van der Waals surface area contributed by atoms with E-state index in [9.17, 15) is 32.7 Å². The molecule has 0 radical (unpaired) electrons. The molecule has 3 aromatic carbocycles. The molecule has 11 heteroatoms. The maximum atomic E-state index is 13.3. The highest BCUT2D eigenvalue weighted by molar-refractivity contribution is 6.11. The minimum absolute atomic E-state index is 0.0320. The fourth-order valence-corrected chi connectivity index (χ4v) is 4.12. The lowest BCUT2D eigenvalue weighted by atomic mass is 10.1. The van der Waals surface area contributed by atoms with Crippen molar-refractivity contribution in [1.82, 2.24) is 15.2 Å². The summed E-state index contributed by atoms with van der Waals surface area (Å²) in [5.41, 5.74) is 0.311. The van der Waals surface area contributed by atoms with E-state index in [0.29, 0.717) is 5.39 Å². The van der Waals surface area contributed by atoms with E-state index in [1.807, 2.05) is 6.07 Å². The minimum atomic E-state index is -4.64. The Hall–Kier alpha value is -4.90. The van der Waals surface area contributed by atoms with Crippen LogP contribution in [0.3, 0.4) is 0 Å². The molecule has 1 aromatic heterocycles. The molecule has 0 spiro atoms. The van der Waals surface area contributed by atoms with Gasteiger partial charge in [-0.3, -0.25) is 9.59 Å². The van der Waals surface area contributed by atoms with Gasteiger partial charge < -0.3 is 25.0 Å². The number of aryl methyl sites for hydroxylation is 1.